The molecule has 0 amide bonds. The molecule has 5 aliphatic carbocycles. The second kappa shape index (κ2) is 4.87. The Kier molecular flexibility index (Phi) is 3.17. The Balaban J connectivity index is 1.56. The number of carbonyl (C=O) groups is 1. The van der Waals surface area contributed by atoms with E-state index in [0.717, 1.165) is 54.8 Å². The molecule has 136 valence electrons. The average Bonchev–Trinajstić information content (AvgIpc) is 3.18. The standard InChI is InChI=1S/C23H33NO/c1-12-9-14-10-15(25)5-6-16(14)17-7-8-22(3)21(18(12)17)19-13(2)20(19)23(22,4)11-24/h10-13,16-21,24H,5-9H2,1-4H3. The molecule has 0 spiro atoms. The van der Waals surface area contributed by atoms with Crippen molar-refractivity contribution in [2.24, 2.45) is 58.2 Å². The molecule has 10 atom stereocenters. The number of rotatable bonds is 1. The van der Waals surface area contributed by atoms with Crippen molar-refractivity contribution in [3.63, 3.8) is 0 Å². The van der Waals surface area contributed by atoms with Crippen LogP contribution in [0.25, 0.3) is 0 Å². The molecule has 4 saturated carbocycles. The number of ketones is 1. The minimum Gasteiger partial charge on any atom is -0.313 e. The molecule has 1 N–H and O–H groups in total. The van der Waals surface area contributed by atoms with Crippen LogP contribution in [0.2, 0.25) is 0 Å². The van der Waals surface area contributed by atoms with Crippen molar-refractivity contribution in [1.29, 1.82) is 5.41 Å². The molecule has 0 aromatic carbocycles. The second-order valence-electron chi connectivity index (χ2n) is 10.6. The number of nitrogens with one attached hydrogen (secondary N) is 1. The third-order valence-electron chi connectivity index (χ3n) is 9.98. The van der Waals surface area contributed by atoms with Gasteiger partial charge < -0.3 is 5.41 Å². The second-order valence-corrected chi connectivity index (χ2v) is 10.6. The monoisotopic (exact) mass is 339 g/mol. The summed E-state index contributed by atoms with van der Waals surface area (Å²) in [6.45, 7) is 9.83. The normalized spacial score (nSPS) is 59.2. The van der Waals surface area contributed by atoms with Crippen molar-refractivity contribution >= 4 is 12.0 Å². The van der Waals surface area contributed by atoms with Gasteiger partial charge in [-0.1, -0.05) is 33.3 Å². The maximum atomic E-state index is 11.9. The van der Waals surface area contributed by atoms with Crippen LogP contribution in [0.15, 0.2) is 11.6 Å². The maximum absolute atomic E-state index is 11.9. The highest BCUT2D eigenvalue weighted by Gasteiger charge is 2.77. The first kappa shape index (κ1) is 16.3. The van der Waals surface area contributed by atoms with Crippen LogP contribution in [0.5, 0.6) is 0 Å². The van der Waals surface area contributed by atoms with Crippen LogP contribution in [0.1, 0.15) is 59.8 Å². The summed E-state index contributed by atoms with van der Waals surface area (Å²) in [4.78, 5) is 11.9. The zero-order valence-corrected chi connectivity index (χ0v) is 16.2. The van der Waals surface area contributed by atoms with Crippen LogP contribution in [0, 0.1) is 63.6 Å². The van der Waals surface area contributed by atoms with E-state index < -0.39 is 0 Å². The first-order valence-electron chi connectivity index (χ1n) is 10.6. The van der Waals surface area contributed by atoms with Gasteiger partial charge in [-0.05, 0) is 84.5 Å². The molecule has 5 aliphatic rings. The highest BCUT2D eigenvalue weighted by molar-refractivity contribution is 5.91. The lowest BCUT2D eigenvalue weighted by molar-refractivity contribution is -0.116. The summed E-state index contributed by atoms with van der Waals surface area (Å²) >= 11 is 0. The maximum Gasteiger partial charge on any atom is 0.155 e. The number of fused-ring (bicyclic) bond motifs is 7. The highest BCUT2D eigenvalue weighted by Crippen LogP contribution is 2.80. The molecule has 4 fully saturated rings. The van der Waals surface area contributed by atoms with Gasteiger partial charge in [0.1, 0.15) is 0 Å². The molecular formula is C23H33NO. The smallest absolute Gasteiger partial charge is 0.155 e. The first-order chi connectivity index (χ1) is 11.8. The van der Waals surface area contributed by atoms with Crippen molar-refractivity contribution in [3.05, 3.63) is 11.6 Å². The van der Waals surface area contributed by atoms with Gasteiger partial charge in [-0.3, -0.25) is 4.79 Å². The summed E-state index contributed by atoms with van der Waals surface area (Å²) in [5.41, 5.74) is 1.91. The minimum atomic E-state index is 0.102. The lowest BCUT2D eigenvalue weighted by Gasteiger charge is -2.59. The predicted molar refractivity (Wildman–Crippen MR) is 100 cm³/mol. The molecule has 2 heteroatoms. The molecule has 5 rings (SSSR count). The van der Waals surface area contributed by atoms with Gasteiger partial charge in [0.2, 0.25) is 0 Å². The summed E-state index contributed by atoms with van der Waals surface area (Å²) in [5, 5.41) is 8.27. The first-order valence-corrected chi connectivity index (χ1v) is 10.6. The van der Waals surface area contributed by atoms with Crippen molar-refractivity contribution in [2.45, 2.75) is 59.8 Å². The summed E-state index contributed by atoms with van der Waals surface area (Å²) in [7, 11) is 0. The minimum absolute atomic E-state index is 0.102. The Bertz CT molecular complexity index is 680. The Hall–Kier alpha value is -0.920. The molecule has 0 aliphatic heterocycles. The van der Waals surface area contributed by atoms with E-state index in [-0.39, 0.29) is 5.41 Å². The molecular weight excluding hydrogens is 306 g/mol. The third-order valence-corrected chi connectivity index (χ3v) is 9.98. The Morgan fingerprint density at radius 3 is 2.64 bits per heavy atom. The van der Waals surface area contributed by atoms with E-state index in [1.807, 2.05) is 12.3 Å². The third kappa shape index (κ3) is 1.77. The zero-order chi connectivity index (χ0) is 17.7. The van der Waals surface area contributed by atoms with E-state index in [2.05, 4.69) is 27.7 Å². The van der Waals surface area contributed by atoms with Gasteiger partial charge in [-0.2, -0.15) is 0 Å². The van der Waals surface area contributed by atoms with Crippen LogP contribution in [0.4, 0.5) is 0 Å². The van der Waals surface area contributed by atoms with Crippen molar-refractivity contribution < 1.29 is 4.79 Å². The summed E-state index contributed by atoms with van der Waals surface area (Å²) < 4.78 is 0. The van der Waals surface area contributed by atoms with Gasteiger partial charge in [0, 0.05) is 18.1 Å². The van der Waals surface area contributed by atoms with Gasteiger partial charge in [0.15, 0.2) is 5.78 Å². The van der Waals surface area contributed by atoms with Gasteiger partial charge in [-0.25, -0.2) is 0 Å². The summed E-state index contributed by atoms with van der Waals surface area (Å²) in [6.07, 6.45) is 9.49. The average molecular weight is 340 g/mol. The van der Waals surface area contributed by atoms with E-state index in [1.54, 1.807) is 0 Å². The molecule has 2 nitrogen and oxygen atoms in total. The van der Waals surface area contributed by atoms with Crippen LogP contribution in [0.3, 0.4) is 0 Å². The van der Waals surface area contributed by atoms with Crippen LogP contribution >= 0.6 is 0 Å². The van der Waals surface area contributed by atoms with Gasteiger partial charge in [0.25, 0.3) is 0 Å². The van der Waals surface area contributed by atoms with Gasteiger partial charge in [-0.15, -0.1) is 0 Å². The quantitative estimate of drug-likeness (QED) is 0.661. The van der Waals surface area contributed by atoms with Gasteiger partial charge >= 0.3 is 0 Å². The number of hydrogen-bond acceptors (Lipinski definition) is 2. The topological polar surface area (TPSA) is 40.9 Å². The largest absolute Gasteiger partial charge is 0.313 e. The number of hydrogen-bond donors (Lipinski definition) is 1. The van der Waals surface area contributed by atoms with Crippen LogP contribution in [-0.2, 0) is 4.79 Å². The molecule has 0 saturated heterocycles. The molecule has 0 aromatic rings. The van der Waals surface area contributed by atoms with Crippen LogP contribution < -0.4 is 0 Å². The fourth-order valence-corrected chi connectivity index (χ4v) is 8.78. The molecule has 10 unspecified atom stereocenters. The fourth-order valence-electron chi connectivity index (χ4n) is 8.78. The number of allylic oxidation sites excluding steroid dienone is 1. The van der Waals surface area contributed by atoms with E-state index in [9.17, 15) is 4.79 Å². The summed E-state index contributed by atoms with van der Waals surface area (Å²) in [5.74, 6) is 6.56. The summed E-state index contributed by atoms with van der Waals surface area (Å²) in [6, 6.07) is 0. The Morgan fingerprint density at radius 1 is 1.16 bits per heavy atom. The Labute approximate surface area is 152 Å². The van der Waals surface area contributed by atoms with E-state index in [0.29, 0.717) is 23.0 Å². The molecule has 25 heavy (non-hydrogen) atoms. The van der Waals surface area contributed by atoms with Gasteiger partial charge in [0.05, 0.1) is 0 Å². The highest BCUT2D eigenvalue weighted by atomic mass is 16.1. The SMILES string of the molecule is CC1CC2=CC(=O)CCC2C2CCC3(C)C(C12)C1C(C)C1C3(C)C=N. The van der Waals surface area contributed by atoms with E-state index in [4.69, 9.17) is 5.41 Å². The predicted octanol–water partition coefficient (Wildman–Crippen LogP) is 5.13. The Morgan fingerprint density at radius 2 is 1.92 bits per heavy atom. The molecule has 0 heterocycles. The zero-order valence-electron chi connectivity index (χ0n) is 16.2. The number of carbonyl (C=O) groups excluding carboxylic acids is 1. The molecule has 0 aromatic heterocycles. The fraction of sp³-hybridized carbons (Fsp3) is 0.826. The van der Waals surface area contributed by atoms with E-state index in [1.165, 1.54) is 18.4 Å². The van der Waals surface area contributed by atoms with E-state index >= 15 is 0 Å². The lowest BCUT2D eigenvalue weighted by atomic mass is 9.45. The molecule has 0 bridgehead atoms. The molecule has 0 radical (unpaired) electrons. The van der Waals surface area contributed by atoms with Crippen molar-refractivity contribution in [1.82, 2.24) is 0 Å². The van der Waals surface area contributed by atoms with Crippen molar-refractivity contribution in [2.75, 3.05) is 0 Å². The lowest BCUT2D eigenvalue weighted by Crippen LogP contribution is -2.54. The van der Waals surface area contributed by atoms with Crippen molar-refractivity contribution in [3.8, 4) is 0 Å². The van der Waals surface area contributed by atoms with Crippen LogP contribution in [-0.4, -0.2) is 12.0 Å².